The van der Waals surface area contributed by atoms with Crippen LogP contribution in [0.5, 0.6) is 0 Å². The van der Waals surface area contributed by atoms with Gasteiger partial charge in [0.25, 0.3) is 5.91 Å². The van der Waals surface area contributed by atoms with E-state index in [4.69, 9.17) is 0 Å². The van der Waals surface area contributed by atoms with Gasteiger partial charge in [-0.05, 0) is 6.42 Å². The minimum atomic E-state index is -0.736. The maximum atomic E-state index is 11.8. The van der Waals surface area contributed by atoms with Gasteiger partial charge < -0.3 is 9.64 Å². The summed E-state index contributed by atoms with van der Waals surface area (Å²) in [4.78, 5) is 36.1. The minimum Gasteiger partial charge on any atom is -0.467 e. The van der Waals surface area contributed by atoms with Crippen molar-refractivity contribution in [3.05, 3.63) is 11.6 Å². The third-order valence-corrected chi connectivity index (χ3v) is 2.85. The standard InChI is InChI=1S/C11H13NO4/c1-16-11(15)9-6-8(13)4-5-12(9)10(14)7-2-3-7/h2,9H,3-6H2,1H3. The molecule has 1 aliphatic heterocycles. The van der Waals surface area contributed by atoms with Crippen LogP contribution >= 0.6 is 0 Å². The zero-order chi connectivity index (χ0) is 11.7. The molecule has 5 heteroatoms. The Labute approximate surface area is 93.0 Å². The lowest BCUT2D eigenvalue weighted by molar-refractivity contribution is -0.155. The first-order chi connectivity index (χ1) is 7.63. The Morgan fingerprint density at radius 3 is 2.75 bits per heavy atom. The Morgan fingerprint density at radius 1 is 1.50 bits per heavy atom. The molecule has 1 heterocycles. The van der Waals surface area contributed by atoms with Gasteiger partial charge in [0.05, 0.1) is 7.11 Å². The molecule has 0 N–H and O–H groups in total. The van der Waals surface area contributed by atoms with Crippen LogP contribution in [0.15, 0.2) is 11.6 Å². The third-order valence-electron chi connectivity index (χ3n) is 2.85. The number of hydrogen-bond donors (Lipinski definition) is 0. The van der Waals surface area contributed by atoms with Crippen molar-refractivity contribution in [2.75, 3.05) is 13.7 Å². The fourth-order valence-corrected chi connectivity index (χ4v) is 1.83. The number of amides is 1. The second kappa shape index (κ2) is 4.08. The van der Waals surface area contributed by atoms with Gasteiger partial charge in [-0.2, -0.15) is 0 Å². The topological polar surface area (TPSA) is 63.7 Å². The van der Waals surface area contributed by atoms with E-state index in [0.717, 1.165) is 5.57 Å². The summed E-state index contributed by atoms with van der Waals surface area (Å²) in [6.07, 6.45) is 2.91. The molecular weight excluding hydrogens is 210 g/mol. The van der Waals surface area contributed by atoms with Crippen LogP contribution in [0.25, 0.3) is 0 Å². The van der Waals surface area contributed by atoms with Gasteiger partial charge in [-0.3, -0.25) is 9.59 Å². The van der Waals surface area contributed by atoms with Gasteiger partial charge in [0.15, 0.2) is 0 Å². The van der Waals surface area contributed by atoms with Crippen molar-refractivity contribution >= 4 is 17.7 Å². The predicted octanol–water partition coefficient (Wildman–Crippen LogP) is 0.0496. The van der Waals surface area contributed by atoms with E-state index >= 15 is 0 Å². The second-order valence-corrected chi connectivity index (χ2v) is 3.96. The SMILES string of the molecule is COC(=O)C1CC(=O)CCN1C(=O)C1=CC1. The molecule has 1 atom stereocenters. The van der Waals surface area contributed by atoms with E-state index in [1.807, 2.05) is 6.08 Å². The molecule has 16 heavy (non-hydrogen) atoms. The lowest BCUT2D eigenvalue weighted by Crippen LogP contribution is -2.50. The van der Waals surface area contributed by atoms with E-state index in [1.165, 1.54) is 12.0 Å². The first-order valence-corrected chi connectivity index (χ1v) is 5.23. The monoisotopic (exact) mass is 223 g/mol. The van der Waals surface area contributed by atoms with Gasteiger partial charge >= 0.3 is 5.97 Å². The average Bonchev–Trinajstić information content (AvgIpc) is 3.11. The number of piperidine rings is 1. The molecule has 1 fully saturated rings. The number of methoxy groups -OCH3 is 1. The quantitative estimate of drug-likeness (QED) is 0.620. The molecule has 0 spiro atoms. The first kappa shape index (κ1) is 10.9. The third kappa shape index (κ3) is 1.98. The van der Waals surface area contributed by atoms with Crippen LogP contribution in [0.3, 0.4) is 0 Å². The molecule has 86 valence electrons. The number of likely N-dealkylation sites (tertiary alicyclic amines) is 1. The number of Topliss-reactive ketones (excluding diaryl/α,β-unsaturated/α-hetero) is 1. The fourth-order valence-electron chi connectivity index (χ4n) is 1.83. The normalized spacial score (nSPS) is 23.8. The molecule has 0 saturated carbocycles. The average molecular weight is 223 g/mol. The Balaban J connectivity index is 2.13. The van der Waals surface area contributed by atoms with E-state index < -0.39 is 12.0 Å². The molecule has 1 unspecified atom stereocenters. The highest BCUT2D eigenvalue weighted by atomic mass is 16.5. The van der Waals surface area contributed by atoms with Gasteiger partial charge in [-0.15, -0.1) is 0 Å². The first-order valence-electron chi connectivity index (χ1n) is 5.23. The summed E-state index contributed by atoms with van der Waals surface area (Å²) in [5, 5.41) is 0. The molecule has 0 radical (unpaired) electrons. The van der Waals surface area contributed by atoms with E-state index in [2.05, 4.69) is 4.74 Å². The van der Waals surface area contributed by atoms with E-state index in [0.29, 0.717) is 19.4 Å². The summed E-state index contributed by atoms with van der Waals surface area (Å²) in [5.41, 5.74) is 0.725. The number of esters is 1. The van der Waals surface area contributed by atoms with Crippen LogP contribution < -0.4 is 0 Å². The molecule has 2 aliphatic rings. The molecule has 2 rings (SSSR count). The zero-order valence-electron chi connectivity index (χ0n) is 9.06. The molecular formula is C11H13NO4. The number of rotatable bonds is 2. The van der Waals surface area contributed by atoms with Gasteiger partial charge in [-0.25, -0.2) is 4.79 Å². The highest BCUT2D eigenvalue weighted by Crippen LogP contribution is 2.25. The van der Waals surface area contributed by atoms with Crippen LogP contribution in [0.2, 0.25) is 0 Å². The Morgan fingerprint density at radius 2 is 2.19 bits per heavy atom. The molecule has 0 aromatic rings. The van der Waals surface area contributed by atoms with E-state index in [-0.39, 0.29) is 18.1 Å². The summed E-state index contributed by atoms with van der Waals surface area (Å²) in [5.74, 6) is -0.644. The largest absolute Gasteiger partial charge is 0.467 e. The maximum Gasteiger partial charge on any atom is 0.329 e. The van der Waals surface area contributed by atoms with Crippen molar-refractivity contribution in [1.29, 1.82) is 0 Å². The lowest BCUT2D eigenvalue weighted by Gasteiger charge is -2.32. The van der Waals surface area contributed by atoms with Crippen molar-refractivity contribution in [3.63, 3.8) is 0 Å². The van der Waals surface area contributed by atoms with Crippen molar-refractivity contribution in [2.45, 2.75) is 25.3 Å². The number of ether oxygens (including phenoxy) is 1. The summed E-state index contributed by atoms with van der Waals surface area (Å²) < 4.78 is 4.61. The Bertz CT molecular complexity index is 385. The second-order valence-electron chi connectivity index (χ2n) is 3.96. The highest BCUT2D eigenvalue weighted by molar-refractivity contribution is 6.01. The number of allylic oxidation sites excluding steroid dienone is 1. The number of hydrogen-bond acceptors (Lipinski definition) is 4. The fraction of sp³-hybridized carbons (Fsp3) is 0.545. The highest BCUT2D eigenvalue weighted by Gasteiger charge is 2.38. The van der Waals surface area contributed by atoms with Crippen LogP contribution in [-0.2, 0) is 19.1 Å². The number of ketones is 1. The van der Waals surface area contributed by atoms with Crippen molar-refractivity contribution in [2.24, 2.45) is 0 Å². The predicted molar refractivity (Wildman–Crippen MR) is 54.5 cm³/mol. The zero-order valence-corrected chi connectivity index (χ0v) is 9.06. The molecule has 5 nitrogen and oxygen atoms in total. The maximum absolute atomic E-state index is 11.8. The summed E-state index contributed by atoms with van der Waals surface area (Å²) in [7, 11) is 1.26. The van der Waals surface area contributed by atoms with E-state index in [9.17, 15) is 14.4 Å². The van der Waals surface area contributed by atoms with Crippen molar-refractivity contribution in [3.8, 4) is 0 Å². The van der Waals surface area contributed by atoms with Gasteiger partial charge in [0, 0.05) is 25.0 Å². The van der Waals surface area contributed by atoms with Crippen LogP contribution in [0, 0.1) is 0 Å². The Kier molecular flexibility index (Phi) is 2.77. The molecule has 1 amide bonds. The van der Waals surface area contributed by atoms with Gasteiger partial charge in [-0.1, -0.05) is 6.08 Å². The number of nitrogens with zero attached hydrogens (tertiary/aromatic N) is 1. The number of carbonyl (C=O) groups is 3. The van der Waals surface area contributed by atoms with Crippen LogP contribution in [-0.4, -0.2) is 42.3 Å². The molecule has 0 bridgehead atoms. The Hall–Kier alpha value is -1.65. The van der Waals surface area contributed by atoms with Crippen molar-refractivity contribution < 1.29 is 19.1 Å². The molecule has 1 aliphatic carbocycles. The smallest absolute Gasteiger partial charge is 0.329 e. The molecule has 0 aromatic heterocycles. The summed E-state index contributed by atoms with van der Waals surface area (Å²) >= 11 is 0. The van der Waals surface area contributed by atoms with Crippen LogP contribution in [0.4, 0.5) is 0 Å². The van der Waals surface area contributed by atoms with Crippen LogP contribution in [0.1, 0.15) is 19.3 Å². The minimum absolute atomic E-state index is 0.00391. The van der Waals surface area contributed by atoms with E-state index in [1.54, 1.807) is 0 Å². The molecule has 1 saturated heterocycles. The summed E-state index contributed by atoms with van der Waals surface area (Å²) in [6, 6.07) is -0.736. The van der Waals surface area contributed by atoms with Gasteiger partial charge in [0.2, 0.25) is 0 Å². The van der Waals surface area contributed by atoms with Crippen molar-refractivity contribution in [1.82, 2.24) is 4.90 Å². The van der Waals surface area contributed by atoms with Gasteiger partial charge in [0.1, 0.15) is 11.8 Å². The lowest BCUT2D eigenvalue weighted by atomic mass is 10.0. The number of carbonyl (C=O) groups excluding carboxylic acids is 3. The molecule has 0 aromatic carbocycles. The summed E-state index contributed by atoms with van der Waals surface area (Å²) in [6.45, 7) is 0.314.